The van der Waals surface area contributed by atoms with Crippen LogP contribution in [-0.2, 0) is 0 Å². The molecule has 0 amide bonds. The number of fused-ring (bicyclic) bond motifs is 1. The van der Waals surface area contributed by atoms with Gasteiger partial charge in [0.2, 0.25) is 0 Å². The van der Waals surface area contributed by atoms with Crippen LogP contribution in [0.4, 0.5) is 5.69 Å². The Labute approximate surface area is 75.0 Å². The van der Waals surface area contributed by atoms with Crippen molar-refractivity contribution in [2.75, 3.05) is 5.73 Å². The van der Waals surface area contributed by atoms with E-state index in [-0.39, 0.29) is 0 Å². The third-order valence-corrected chi connectivity index (χ3v) is 2.06. The van der Waals surface area contributed by atoms with Crippen molar-refractivity contribution in [2.45, 2.75) is 0 Å². The third kappa shape index (κ3) is 1.01. The van der Waals surface area contributed by atoms with Crippen LogP contribution in [0.3, 0.4) is 0 Å². The van der Waals surface area contributed by atoms with E-state index in [9.17, 15) is 0 Å². The first kappa shape index (κ1) is 7.37. The Balaban J connectivity index is 2.96. The van der Waals surface area contributed by atoms with Gasteiger partial charge in [0.05, 0.1) is 5.02 Å². The second-order valence-corrected chi connectivity index (χ2v) is 2.97. The van der Waals surface area contributed by atoms with E-state index in [1.165, 1.54) is 0 Å². The predicted octanol–water partition coefficient (Wildman–Crippen LogP) is 2.47. The van der Waals surface area contributed by atoms with E-state index in [1.54, 1.807) is 12.4 Å². The Morgan fingerprint density at radius 1 is 1.25 bits per heavy atom. The van der Waals surface area contributed by atoms with Gasteiger partial charge in [-0.1, -0.05) is 23.7 Å². The quantitative estimate of drug-likeness (QED) is 0.630. The number of hydrogen-bond acceptors (Lipinski definition) is 2. The zero-order valence-electron chi connectivity index (χ0n) is 6.29. The molecule has 0 saturated carbocycles. The number of hydrogen-bond donors (Lipinski definition) is 1. The van der Waals surface area contributed by atoms with Crippen molar-refractivity contribution in [3.05, 3.63) is 35.6 Å². The average Bonchev–Trinajstić information content (AvgIpc) is 2.04. The second kappa shape index (κ2) is 2.64. The maximum atomic E-state index is 5.92. The fourth-order valence-electron chi connectivity index (χ4n) is 1.22. The molecular weight excluding hydrogens is 172 g/mol. The standard InChI is InChI=1S/C9H7ClN2/c10-7-5-12-4-6-2-1-3-8(11)9(6)7/h1-5H,11H2. The Hall–Kier alpha value is -1.28. The van der Waals surface area contributed by atoms with Crippen LogP contribution in [0.5, 0.6) is 0 Å². The number of nitrogen functional groups attached to an aromatic ring is 1. The summed E-state index contributed by atoms with van der Waals surface area (Å²) in [6, 6.07) is 5.65. The molecule has 2 aromatic rings. The van der Waals surface area contributed by atoms with Gasteiger partial charge in [0, 0.05) is 28.9 Å². The molecule has 0 fully saturated rings. The normalized spacial score (nSPS) is 10.4. The fourth-order valence-corrected chi connectivity index (χ4v) is 1.49. The molecule has 2 N–H and O–H groups in total. The van der Waals surface area contributed by atoms with E-state index < -0.39 is 0 Å². The van der Waals surface area contributed by atoms with Crippen LogP contribution in [0.1, 0.15) is 0 Å². The Bertz CT molecular complexity index is 389. The minimum Gasteiger partial charge on any atom is -0.398 e. The molecule has 1 heterocycles. The SMILES string of the molecule is Nc1cccc2cncc(Cl)c12. The first-order valence-electron chi connectivity index (χ1n) is 3.57. The van der Waals surface area contributed by atoms with Crippen molar-refractivity contribution in [3.63, 3.8) is 0 Å². The van der Waals surface area contributed by atoms with Crippen molar-refractivity contribution in [1.29, 1.82) is 0 Å². The van der Waals surface area contributed by atoms with Crippen LogP contribution in [0.2, 0.25) is 5.02 Å². The first-order valence-corrected chi connectivity index (χ1v) is 3.94. The molecule has 0 bridgehead atoms. The van der Waals surface area contributed by atoms with Crippen molar-refractivity contribution in [2.24, 2.45) is 0 Å². The summed E-state index contributed by atoms with van der Waals surface area (Å²) >= 11 is 5.92. The highest BCUT2D eigenvalue weighted by atomic mass is 35.5. The highest BCUT2D eigenvalue weighted by molar-refractivity contribution is 6.36. The molecule has 0 spiro atoms. The lowest BCUT2D eigenvalue weighted by molar-refractivity contribution is 1.36. The van der Waals surface area contributed by atoms with E-state index in [2.05, 4.69) is 4.98 Å². The van der Waals surface area contributed by atoms with Crippen molar-refractivity contribution >= 4 is 28.1 Å². The summed E-state index contributed by atoms with van der Waals surface area (Å²) in [6.45, 7) is 0. The molecule has 0 saturated heterocycles. The molecule has 0 atom stereocenters. The zero-order chi connectivity index (χ0) is 8.55. The van der Waals surface area contributed by atoms with Crippen LogP contribution in [-0.4, -0.2) is 4.98 Å². The van der Waals surface area contributed by atoms with E-state index in [4.69, 9.17) is 17.3 Å². The average molecular weight is 179 g/mol. The van der Waals surface area contributed by atoms with Crippen LogP contribution in [0.25, 0.3) is 10.8 Å². The first-order chi connectivity index (χ1) is 5.79. The van der Waals surface area contributed by atoms with Gasteiger partial charge in [-0.3, -0.25) is 4.98 Å². The number of halogens is 1. The molecule has 0 unspecified atom stereocenters. The Morgan fingerprint density at radius 3 is 2.83 bits per heavy atom. The molecule has 0 aliphatic heterocycles. The van der Waals surface area contributed by atoms with Gasteiger partial charge in [0.15, 0.2) is 0 Å². The molecule has 60 valence electrons. The Kier molecular flexibility index (Phi) is 1.62. The van der Waals surface area contributed by atoms with Crippen molar-refractivity contribution in [3.8, 4) is 0 Å². The second-order valence-electron chi connectivity index (χ2n) is 2.57. The van der Waals surface area contributed by atoms with Crippen molar-refractivity contribution < 1.29 is 0 Å². The van der Waals surface area contributed by atoms with Gasteiger partial charge in [-0.25, -0.2) is 0 Å². The van der Waals surface area contributed by atoms with E-state index in [0.717, 1.165) is 10.8 Å². The van der Waals surface area contributed by atoms with E-state index in [0.29, 0.717) is 10.7 Å². The summed E-state index contributed by atoms with van der Waals surface area (Å²) in [5, 5.41) is 2.46. The molecule has 0 radical (unpaired) electrons. The summed E-state index contributed by atoms with van der Waals surface area (Å²) < 4.78 is 0. The van der Waals surface area contributed by atoms with Crippen LogP contribution >= 0.6 is 11.6 Å². The van der Waals surface area contributed by atoms with E-state index in [1.807, 2.05) is 18.2 Å². The molecular formula is C9H7ClN2. The number of nitrogens with zero attached hydrogens (tertiary/aromatic N) is 1. The van der Waals surface area contributed by atoms with Gasteiger partial charge in [0.1, 0.15) is 0 Å². The summed E-state index contributed by atoms with van der Waals surface area (Å²) in [6.07, 6.45) is 3.35. The third-order valence-electron chi connectivity index (χ3n) is 1.77. The smallest absolute Gasteiger partial charge is 0.0688 e. The van der Waals surface area contributed by atoms with E-state index >= 15 is 0 Å². The van der Waals surface area contributed by atoms with Gasteiger partial charge in [-0.2, -0.15) is 0 Å². The minimum atomic E-state index is 0.602. The monoisotopic (exact) mass is 178 g/mol. The van der Waals surface area contributed by atoms with Crippen LogP contribution in [0.15, 0.2) is 30.6 Å². The highest BCUT2D eigenvalue weighted by Gasteiger charge is 2.00. The van der Waals surface area contributed by atoms with Gasteiger partial charge in [-0.05, 0) is 6.07 Å². The maximum absolute atomic E-state index is 5.92. The van der Waals surface area contributed by atoms with Crippen molar-refractivity contribution in [1.82, 2.24) is 4.98 Å². The predicted molar refractivity (Wildman–Crippen MR) is 51.2 cm³/mol. The van der Waals surface area contributed by atoms with Gasteiger partial charge >= 0.3 is 0 Å². The lowest BCUT2D eigenvalue weighted by atomic mass is 10.1. The molecule has 12 heavy (non-hydrogen) atoms. The molecule has 3 heteroatoms. The molecule has 1 aromatic carbocycles. The number of pyridine rings is 1. The molecule has 0 aliphatic carbocycles. The fraction of sp³-hybridized carbons (Fsp3) is 0. The van der Waals surface area contributed by atoms with Crippen LogP contribution in [0, 0.1) is 0 Å². The molecule has 1 aromatic heterocycles. The zero-order valence-corrected chi connectivity index (χ0v) is 7.05. The summed E-state index contributed by atoms with van der Waals surface area (Å²) in [5.41, 5.74) is 6.44. The lowest BCUT2D eigenvalue weighted by Crippen LogP contribution is -1.87. The number of anilines is 1. The molecule has 0 aliphatic rings. The largest absolute Gasteiger partial charge is 0.398 e. The summed E-state index contributed by atoms with van der Waals surface area (Å²) in [7, 11) is 0. The topological polar surface area (TPSA) is 38.9 Å². The molecule has 2 nitrogen and oxygen atoms in total. The van der Waals surface area contributed by atoms with Gasteiger partial charge < -0.3 is 5.73 Å². The van der Waals surface area contributed by atoms with Gasteiger partial charge in [0.25, 0.3) is 0 Å². The van der Waals surface area contributed by atoms with Gasteiger partial charge in [-0.15, -0.1) is 0 Å². The highest BCUT2D eigenvalue weighted by Crippen LogP contribution is 2.26. The molecule has 2 rings (SSSR count). The number of nitrogens with two attached hydrogens (primary N) is 1. The minimum absolute atomic E-state index is 0.602. The number of aromatic nitrogens is 1. The van der Waals surface area contributed by atoms with Crippen LogP contribution < -0.4 is 5.73 Å². The summed E-state index contributed by atoms with van der Waals surface area (Å²) in [5.74, 6) is 0. The number of rotatable bonds is 0. The maximum Gasteiger partial charge on any atom is 0.0688 e. The Morgan fingerprint density at radius 2 is 2.08 bits per heavy atom. The lowest BCUT2D eigenvalue weighted by Gasteiger charge is -2.01. The number of benzene rings is 1. The summed E-state index contributed by atoms with van der Waals surface area (Å²) in [4.78, 5) is 3.97.